The molecule has 1 aliphatic heterocycles. The van der Waals surface area contributed by atoms with Gasteiger partial charge in [0.05, 0.1) is 18.2 Å². The number of halogens is 2. The third kappa shape index (κ3) is 3.27. The lowest BCUT2D eigenvalue weighted by Gasteiger charge is -2.18. The number of aliphatic hydroxyl groups is 1. The zero-order valence-electron chi connectivity index (χ0n) is 10.5. The molecular formula is C13H16F2N2O2. The Morgan fingerprint density at radius 1 is 1.53 bits per heavy atom. The van der Waals surface area contributed by atoms with Gasteiger partial charge in [0.1, 0.15) is 11.6 Å². The lowest BCUT2D eigenvalue weighted by atomic mass is 10.1. The van der Waals surface area contributed by atoms with Gasteiger partial charge in [0, 0.05) is 18.2 Å². The fraction of sp³-hybridized carbons (Fsp3) is 0.462. The Morgan fingerprint density at radius 2 is 2.26 bits per heavy atom. The van der Waals surface area contributed by atoms with Crippen LogP contribution in [0.2, 0.25) is 0 Å². The molecule has 1 aromatic rings. The first kappa shape index (κ1) is 13.9. The number of hydrogen-bond donors (Lipinski definition) is 3. The highest BCUT2D eigenvalue weighted by Crippen LogP contribution is 2.18. The van der Waals surface area contributed by atoms with Crippen LogP contribution in [0, 0.1) is 11.6 Å². The molecule has 0 bridgehead atoms. The van der Waals surface area contributed by atoms with Crippen molar-refractivity contribution < 1.29 is 18.7 Å². The number of nitrogens with one attached hydrogen (secondary N) is 2. The van der Waals surface area contributed by atoms with E-state index in [2.05, 4.69) is 10.6 Å². The summed E-state index contributed by atoms with van der Waals surface area (Å²) >= 11 is 0. The molecule has 1 fully saturated rings. The smallest absolute Gasteiger partial charge is 0.237 e. The average molecular weight is 270 g/mol. The monoisotopic (exact) mass is 270 g/mol. The second-order valence-corrected chi connectivity index (χ2v) is 4.75. The number of carbonyl (C=O) groups excluding carboxylic acids is 1. The van der Waals surface area contributed by atoms with Crippen molar-refractivity contribution in [2.24, 2.45) is 0 Å². The summed E-state index contributed by atoms with van der Waals surface area (Å²) < 4.78 is 26.3. The van der Waals surface area contributed by atoms with Crippen LogP contribution in [0.15, 0.2) is 18.2 Å². The molecule has 3 N–H and O–H groups in total. The number of benzene rings is 1. The summed E-state index contributed by atoms with van der Waals surface area (Å²) in [6.07, 6.45) is -0.196. The van der Waals surface area contributed by atoms with Crippen molar-refractivity contribution >= 4 is 5.91 Å². The van der Waals surface area contributed by atoms with Crippen LogP contribution in [0.3, 0.4) is 0 Å². The Morgan fingerprint density at radius 3 is 2.84 bits per heavy atom. The summed E-state index contributed by atoms with van der Waals surface area (Å²) in [5.74, 6) is -1.64. The van der Waals surface area contributed by atoms with Crippen molar-refractivity contribution in [3.63, 3.8) is 0 Å². The summed E-state index contributed by atoms with van der Waals surface area (Å²) in [6, 6.07) is 2.22. The van der Waals surface area contributed by atoms with Gasteiger partial charge in [-0.3, -0.25) is 4.79 Å². The fourth-order valence-electron chi connectivity index (χ4n) is 2.16. The fourth-order valence-corrected chi connectivity index (χ4v) is 2.16. The Kier molecular flexibility index (Phi) is 4.11. The molecule has 3 atom stereocenters. The molecule has 104 valence electrons. The molecule has 6 heteroatoms. The minimum Gasteiger partial charge on any atom is -0.392 e. The molecule has 1 aromatic carbocycles. The van der Waals surface area contributed by atoms with E-state index in [-0.39, 0.29) is 11.5 Å². The lowest BCUT2D eigenvalue weighted by molar-refractivity contribution is -0.123. The van der Waals surface area contributed by atoms with Gasteiger partial charge in [-0.15, -0.1) is 0 Å². The van der Waals surface area contributed by atoms with E-state index in [9.17, 15) is 18.7 Å². The van der Waals surface area contributed by atoms with E-state index >= 15 is 0 Å². The van der Waals surface area contributed by atoms with Gasteiger partial charge < -0.3 is 15.7 Å². The van der Waals surface area contributed by atoms with Gasteiger partial charge in [-0.2, -0.15) is 0 Å². The second kappa shape index (κ2) is 5.63. The number of amides is 1. The Bertz CT molecular complexity index is 482. The van der Waals surface area contributed by atoms with Crippen LogP contribution in [0.4, 0.5) is 8.78 Å². The predicted octanol–water partition coefficient (Wildman–Crippen LogP) is 0.865. The minimum absolute atomic E-state index is 0.230. The minimum atomic E-state index is -0.688. The molecule has 1 heterocycles. The summed E-state index contributed by atoms with van der Waals surface area (Å²) in [4.78, 5) is 11.9. The Balaban J connectivity index is 2.00. The van der Waals surface area contributed by atoms with E-state index in [0.717, 1.165) is 12.1 Å². The van der Waals surface area contributed by atoms with Gasteiger partial charge in [0.2, 0.25) is 5.91 Å². The first-order chi connectivity index (χ1) is 8.97. The van der Waals surface area contributed by atoms with Gasteiger partial charge in [-0.1, -0.05) is 6.07 Å². The molecule has 1 aliphatic rings. The topological polar surface area (TPSA) is 61.4 Å². The summed E-state index contributed by atoms with van der Waals surface area (Å²) in [6.45, 7) is 2.00. The quantitative estimate of drug-likeness (QED) is 0.763. The van der Waals surface area contributed by atoms with Crippen molar-refractivity contribution in [3.05, 3.63) is 35.4 Å². The van der Waals surface area contributed by atoms with Crippen molar-refractivity contribution in [2.75, 3.05) is 6.54 Å². The first-order valence-corrected chi connectivity index (χ1v) is 6.14. The number of aliphatic hydroxyl groups excluding tert-OH is 1. The van der Waals surface area contributed by atoms with Gasteiger partial charge in [-0.05, 0) is 19.4 Å². The SMILES string of the molecule is C[C@H](NC(=O)[C@@H]1C[C@H](O)CN1)c1ccc(F)cc1F. The number of rotatable bonds is 3. The average Bonchev–Trinajstić information content (AvgIpc) is 2.75. The van der Waals surface area contributed by atoms with Gasteiger partial charge >= 0.3 is 0 Å². The van der Waals surface area contributed by atoms with Crippen molar-refractivity contribution in [1.29, 1.82) is 0 Å². The number of carbonyl (C=O) groups is 1. The zero-order chi connectivity index (χ0) is 14.0. The molecular weight excluding hydrogens is 254 g/mol. The maximum atomic E-state index is 13.5. The highest BCUT2D eigenvalue weighted by Gasteiger charge is 2.29. The largest absolute Gasteiger partial charge is 0.392 e. The van der Waals surface area contributed by atoms with E-state index in [1.165, 1.54) is 6.07 Å². The number of β-amino-alcohol motifs (C(OH)–C–C–N with tert-alkyl or cyclic N) is 1. The van der Waals surface area contributed by atoms with Gasteiger partial charge in [0.25, 0.3) is 0 Å². The molecule has 0 aliphatic carbocycles. The van der Waals surface area contributed by atoms with Gasteiger partial charge in [-0.25, -0.2) is 8.78 Å². The molecule has 0 aromatic heterocycles. The third-order valence-corrected chi connectivity index (χ3v) is 3.21. The van der Waals surface area contributed by atoms with Crippen LogP contribution in [0.25, 0.3) is 0 Å². The van der Waals surface area contributed by atoms with E-state index in [1.54, 1.807) is 6.92 Å². The van der Waals surface area contributed by atoms with E-state index in [4.69, 9.17) is 0 Å². The second-order valence-electron chi connectivity index (χ2n) is 4.75. The molecule has 4 nitrogen and oxygen atoms in total. The highest BCUT2D eigenvalue weighted by molar-refractivity contribution is 5.82. The van der Waals surface area contributed by atoms with Crippen LogP contribution in [0.1, 0.15) is 24.9 Å². The van der Waals surface area contributed by atoms with E-state index in [1.807, 2.05) is 0 Å². The highest BCUT2D eigenvalue weighted by atomic mass is 19.1. The molecule has 1 amide bonds. The standard InChI is InChI=1S/C13H16F2N2O2/c1-7(10-3-2-8(14)4-11(10)15)17-13(19)12-5-9(18)6-16-12/h2-4,7,9,12,16,18H,5-6H2,1H3,(H,17,19)/t7-,9-,12-/m0/s1. The van der Waals surface area contributed by atoms with E-state index in [0.29, 0.717) is 13.0 Å². The molecule has 19 heavy (non-hydrogen) atoms. The summed E-state index contributed by atoms with van der Waals surface area (Å²) in [7, 11) is 0. The van der Waals surface area contributed by atoms with Crippen molar-refractivity contribution in [1.82, 2.24) is 10.6 Å². The maximum Gasteiger partial charge on any atom is 0.237 e. The van der Waals surface area contributed by atoms with Crippen molar-refractivity contribution in [3.8, 4) is 0 Å². The summed E-state index contributed by atoms with van der Waals surface area (Å²) in [5.41, 5.74) is 0.230. The number of hydrogen-bond acceptors (Lipinski definition) is 3. The summed E-state index contributed by atoms with van der Waals surface area (Å²) in [5, 5.41) is 14.8. The first-order valence-electron chi connectivity index (χ1n) is 6.14. The van der Waals surface area contributed by atoms with Gasteiger partial charge in [0.15, 0.2) is 0 Å². The molecule has 2 rings (SSSR count). The molecule has 0 spiro atoms. The van der Waals surface area contributed by atoms with Crippen LogP contribution in [-0.4, -0.2) is 29.7 Å². The normalized spacial score (nSPS) is 24.2. The Hall–Kier alpha value is -1.53. The Labute approximate surface area is 109 Å². The molecule has 0 radical (unpaired) electrons. The lowest BCUT2D eigenvalue weighted by Crippen LogP contribution is -2.41. The predicted molar refractivity (Wildman–Crippen MR) is 65.3 cm³/mol. The maximum absolute atomic E-state index is 13.5. The van der Waals surface area contributed by atoms with Crippen LogP contribution < -0.4 is 10.6 Å². The third-order valence-electron chi connectivity index (χ3n) is 3.21. The molecule has 0 unspecified atom stereocenters. The zero-order valence-corrected chi connectivity index (χ0v) is 10.5. The van der Waals surface area contributed by atoms with Crippen molar-refractivity contribution in [2.45, 2.75) is 31.5 Å². The molecule has 0 saturated carbocycles. The van der Waals surface area contributed by atoms with E-state index < -0.39 is 29.8 Å². The van der Waals surface area contributed by atoms with Crippen LogP contribution in [-0.2, 0) is 4.79 Å². The van der Waals surface area contributed by atoms with Crippen LogP contribution >= 0.6 is 0 Å². The van der Waals surface area contributed by atoms with Crippen LogP contribution in [0.5, 0.6) is 0 Å². The molecule has 1 saturated heterocycles.